The molecule has 0 radical (unpaired) electrons. The fourth-order valence-electron chi connectivity index (χ4n) is 1.88. The Kier molecular flexibility index (Phi) is 6.07. The summed E-state index contributed by atoms with van der Waals surface area (Å²) in [6, 6.07) is 15.0. The summed E-state index contributed by atoms with van der Waals surface area (Å²) in [4.78, 5) is 11.7. The second-order valence-corrected chi connectivity index (χ2v) is 4.86. The minimum Gasteiger partial charge on any atom is -0.497 e. The van der Waals surface area contributed by atoms with Crippen LogP contribution in [0.15, 0.2) is 48.5 Å². The molecule has 2 aromatic rings. The Bertz CT molecular complexity index is 711. The van der Waals surface area contributed by atoms with Crippen LogP contribution < -0.4 is 14.8 Å². The van der Waals surface area contributed by atoms with Gasteiger partial charge in [0.15, 0.2) is 6.61 Å². The number of hydrogen-bond acceptors (Lipinski definition) is 3. The molecule has 4 heteroatoms. The molecule has 0 aliphatic heterocycles. The maximum atomic E-state index is 11.7. The van der Waals surface area contributed by atoms with Crippen LogP contribution in [0.2, 0.25) is 0 Å². The van der Waals surface area contributed by atoms with Gasteiger partial charge in [0.2, 0.25) is 0 Å². The molecule has 0 aliphatic carbocycles. The summed E-state index contributed by atoms with van der Waals surface area (Å²) in [6.07, 6.45) is 0. The molecule has 0 saturated carbocycles. The maximum Gasteiger partial charge on any atom is 0.258 e. The molecule has 0 unspecified atom stereocenters. The van der Waals surface area contributed by atoms with Crippen molar-refractivity contribution in [2.24, 2.45) is 0 Å². The number of hydrogen-bond donors (Lipinski definition) is 1. The number of benzene rings is 2. The van der Waals surface area contributed by atoms with Gasteiger partial charge in [-0.25, -0.2) is 0 Å². The predicted octanol–water partition coefficient (Wildman–Crippen LogP) is 2.55. The van der Waals surface area contributed by atoms with E-state index in [-0.39, 0.29) is 19.1 Å². The molecule has 2 rings (SSSR count). The van der Waals surface area contributed by atoms with Gasteiger partial charge in [-0.1, -0.05) is 30.0 Å². The number of para-hydroxylation sites is 1. The average molecular weight is 309 g/mol. The highest BCUT2D eigenvalue weighted by atomic mass is 16.5. The molecule has 0 heterocycles. The van der Waals surface area contributed by atoms with Crippen molar-refractivity contribution in [1.82, 2.24) is 5.32 Å². The molecule has 23 heavy (non-hydrogen) atoms. The number of rotatable bonds is 5. The topological polar surface area (TPSA) is 47.6 Å². The minimum atomic E-state index is -0.197. The molecule has 0 aromatic heterocycles. The monoisotopic (exact) mass is 309 g/mol. The van der Waals surface area contributed by atoms with Crippen LogP contribution in [0.3, 0.4) is 0 Å². The van der Waals surface area contributed by atoms with Crippen molar-refractivity contribution in [3.05, 3.63) is 59.7 Å². The lowest BCUT2D eigenvalue weighted by molar-refractivity contribution is -0.122. The number of ether oxygens (including phenoxy) is 2. The van der Waals surface area contributed by atoms with E-state index < -0.39 is 0 Å². The summed E-state index contributed by atoms with van der Waals surface area (Å²) in [5.41, 5.74) is 1.87. The first-order chi connectivity index (χ1) is 11.2. The fourth-order valence-corrected chi connectivity index (χ4v) is 1.88. The van der Waals surface area contributed by atoms with Gasteiger partial charge in [0.25, 0.3) is 5.91 Å². The lowest BCUT2D eigenvalue weighted by Gasteiger charge is -2.07. The van der Waals surface area contributed by atoms with Crippen LogP contribution in [-0.2, 0) is 4.79 Å². The van der Waals surface area contributed by atoms with Gasteiger partial charge in [-0.3, -0.25) is 4.79 Å². The first-order valence-electron chi connectivity index (χ1n) is 7.27. The van der Waals surface area contributed by atoms with Crippen molar-refractivity contribution in [2.45, 2.75) is 6.92 Å². The predicted molar refractivity (Wildman–Crippen MR) is 89.6 cm³/mol. The molecule has 118 valence electrons. The van der Waals surface area contributed by atoms with E-state index in [4.69, 9.17) is 9.47 Å². The SMILES string of the molecule is COc1ccc(C#CCNC(=O)COc2ccccc2C)cc1. The molecule has 0 aliphatic rings. The molecular formula is C19H19NO3. The van der Waals surface area contributed by atoms with Gasteiger partial charge in [-0.05, 0) is 42.8 Å². The van der Waals surface area contributed by atoms with Gasteiger partial charge in [0.1, 0.15) is 11.5 Å². The standard InChI is InChI=1S/C19H19NO3/c1-15-6-3-4-8-18(15)23-14-19(21)20-13-5-7-16-9-11-17(22-2)12-10-16/h3-4,6,8-12H,13-14H2,1-2H3,(H,20,21). The summed E-state index contributed by atoms with van der Waals surface area (Å²) >= 11 is 0. The van der Waals surface area contributed by atoms with Gasteiger partial charge in [-0.2, -0.15) is 0 Å². The largest absolute Gasteiger partial charge is 0.497 e. The Morgan fingerprint density at radius 1 is 1.13 bits per heavy atom. The van der Waals surface area contributed by atoms with Crippen molar-refractivity contribution in [1.29, 1.82) is 0 Å². The highest BCUT2D eigenvalue weighted by Gasteiger charge is 2.02. The second-order valence-electron chi connectivity index (χ2n) is 4.86. The first-order valence-corrected chi connectivity index (χ1v) is 7.27. The van der Waals surface area contributed by atoms with Gasteiger partial charge >= 0.3 is 0 Å². The van der Waals surface area contributed by atoms with E-state index in [9.17, 15) is 4.79 Å². The summed E-state index contributed by atoms with van der Waals surface area (Å²) in [6.45, 7) is 2.20. The number of carbonyl (C=O) groups is 1. The van der Waals surface area contributed by atoms with E-state index in [0.29, 0.717) is 5.75 Å². The molecule has 0 spiro atoms. The highest BCUT2D eigenvalue weighted by molar-refractivity contribution is 5.77. The molecule has 1 N–H and O–H groups in total. The normalized spacial score (nSPS) is 9.48. The lowest BCUT2D eigenvalue weighted by atomic mass is 10.2. The molecule has 1 amide bonds. The van der Waals surface area contributed by atoms with Crippen molar-refractivity contribution < 1.29 is 14.3 Å². The molecular weight excluding hydrogens is 290 g/mol. The summed E-state index contributed by atoms with van der Waals surface area (Å²) in [7, 11) is 1.62. The van der Waals surface area contributed by atoms with Gasteiger partial charge in [0.05, 0.1) is 13.7 Å². The number of carbonyl (C=O) groups excluding carboxylic acids is 1. The molecule has 4 nitrogen and oxygen atoms in total. The van der Waals surface area contributed by atoms with Crippen LogP contribution in [-0.4, -0.2) is 26.2 Å². The summed E-state index contributed by atoms with van der Waals surface area (Å²) in [5, 5.41) is 2.70. The zero-order chi connectivity index (χ0) is 16.5. The lowest BCUT2D eigenvalue weighted by Crippen LogP contribution is -2.29. The van der Waals surface area contributed by atoms with Crippen molar-refractivity contribution in [3.63, 3.8) is 0 Å². The Labute approximate surface area is 136 Å². The number of amides is 1. The third-order valence-corrected chi connectivity index (χ3v) is 3.15. The molecule has 2 aromatic carbocycles. The van der Waals surface area contributed by atoms with Gasteiger partial charge in [0, 0.05) is 5.56 Å². The van der Waals surface area contributed by atoms with Crippen LogP contribution in [0.4, 0.5) is 0 Å². The first kappa shape index (κ1) is 16.4. The highest BCUT2D eigenvalue weighted by Crippen LogP contribution is 2.15. The van der Waals surface area contributed by atoms with E-state index in [1.54, 1.807) is 7.11 Å². The maximum absolute atomic E-state index is 11.7. The third-order valence-electron chi connectivity index (χ3n) is 3.15. The van der Waals surface area contributed by atoms with Gasteiger partial charge < -0.3 is 14.8 Å². The van der Waals surface area contributed by atoms with Crippen LogP contribution in [0.5, 0.6) is 11.5 Å². The number of aryl methyl sites for hydroxylation is 1. The summed E-state index contributed by atoms with van der Waals surface area (Å²) < 4.78 is 10.5. The van der Waals surface area contributed by atoms with Crippen LogP contribution in [0.25, 0.3) is 0 Å². The van der Waals surface area contributed by atoms with E-state index in [1.807, 2.05) is 55.5 Å². The Hall–Kier alpha value is -2.93. The van der Waals surface area contributed by atoms with E-state index in [2.05, 4.69) is 17.2 Å². The van der Waals surface area contributed by atoms with E-state index in [0.717, 1.165) is 16.9 Å². The van der Waals surface area contributed by atoms with Crippen molar-refractivity contribution in [2.75, 3.05) is 20.3 Å². The molecule has 0 fully saturated rings. The molecule has 0 saturated heterocycles. The van der Waals surface area contributed by atoms with Crippen molar-refractivity contribution >= 4 is 5.91 Å². The van der Waals surface area contributed by atoms with Gasteiger partial charge in [-0.15, -0.1) is 0 Å². The number of methoxy groups -OCH3 is 1. The smallest absolute Gasteiger partial charge is 0.258 e. The fraction of sp³-hybridized carbons (Fsp3) is 0.211. The van der Waals surface area contributed by atoms with Crippen molar-refractivity contribution in [3.8, 4) is 23.3 Å². The average Bonchev–Trinajstić information content (AvgIpc) is 2.58. The zero-order valence-corrected chi connectivity index (χ0v) is 13.3. The molecule has 0 bridgehead atoms. The van der Waals surface area contributed by atoms with Crippen LogP contribution >= 0.6 is 0 Å². The quantitative estimate of drug-likeness (QED) is 0.864. The number of nitrogens with one attached hydrogen (secondary N) is 1. The zero-order valence-electron chi connectivity index (χ0n) is 13.3. The second kappa shape index (κ2) is 8.50. The summed E-state index contributed by atoms with van der Waals surface area (Å²) in [5.74, 6) is 7.18. The van der Waals surface area contributed by atoms with Crippen LogP contribution in [0, 0.1) is 18.8 Å². The van der Waals surface area contributed by atoms with E-state index in [1.165, 1.54) is 0 Å². The Balaban J connectivity index is 1.74. The third kappa shape index (κ3) is 5.40. The van der Waals surface area contributed by atoms with Crippen LogP contribution in [0.1, 0.15) is 11.1 Å². The molecule has 0 atom stereocenters. The Morgan fingerprint density at radius 2 is 1.87 bits per heavy atom. The minimum absolute atomic E-state index is 0.0188. The Morgan fingerprint density at radius 3 is 2.57 bits per heavy atom. The van der Waals surface area contributed by atoms with E-state index >= 15 is 0 Å².